The highest BCUT2D eigenvalue weighted by Gasteiger charge is 2.34. The monoisotopic (exact) mass is 1810 g/mol. The zero-order valence-corrected chi connectivity index (χ0v) is 75.6. The molecule has 27 rings (SSSR count). The van der Waals surface area contributed by atoms with E-state index in [2.05, 4.69) is 250 Å². The average molecular weight is 1810 g/mol. The van der Waals surface area contributed by atoms with Gasteiger partial charge < -0.3 is 9.80 Å². The molecule has 141 heavy (non-hydrogen) atoms. The highest BCUT2D eigenvalue weighted by molar-refractivity contribution is 6.16. The number of hydrogen-bond acceptors (Lipinski definition) is 18. The van der Waals surface area contributed by atoms with Crippen molar-refractivity contribution < 1.29 is 0 Å². The minimum absolute atomic E-state index is 0.602. The second-order valence-corrected chi connectivity index (χ2v) is 34.2. The Morgan fingerprint density at radius 1 is 0.163 bits per heavy atom. The van der Waals surface area contributed by atoms with Crippen LogP contribution in [0.25, 0.3) is 202 Å². The minimum Gasteiger partial charge on any atom is -0.309 e. The molecule has 18 aromatic carbocycles. The molecule has 0 saturated carbocycles. The third kappa shape index (κ3) is 15.9. The third-order valence-corrected chi connectivity index (χ3v) is 25.5. The summed E-state index contributed by atoms with van der Waals surface area (Å²) in [6.45, 7) is 0. The van der Waals surface area contributed by atoms with Gasteiger partial charge in [0.2, 0.25) is 0 Å². The number of fused-ring (bicyclic) bond motifs is 6. The molecule has 0 radical (unpaired) electrons. The summed E-state index contributed by atoms with van der Waals surface area (Å²) >= 11 is 0. The standard InChI is InChI=1S/3C41H26N6/c1-4-12-27(13-5-1)32-22-30-18-11-21-35-37(30)34(24-32)38-36(25-42-26-43-38)47(35)33-20-10-19-31(23-33)41-45-39(28-14-6-2-7-15-28)44-40(46-41)29-16-8-3-9-17-29;1-4-14-27(15-5-1)38-42-33-23-13-25-35-36(33)37(43-38)32-22-10-11-24-34(32)47(35)31-21-12-20-30(26-31)41-45-39(28-16-6-2-7-17-28)44-40(46-41)29-18-8-3-9-19-29;1-4-13-27(14-5-1)31-24-34-33-21-10-11-22-36(33)47(41-37(34)35(25-31)42-26-43-41)32-20-12-19-30(23-32)40-45-38(28-15-6-2-7-16-28)44-39(46-40)29-17-8-3-9-18-29/h3*1-26H. The molecule has 24 aromatic rings. The van der Waals surface area contributed by atoms with Crippen LogP contribution in [0.5, 0.6) is 0 Å². The van der Waals surface area contributed by atoms with E-state index < -0.39 is 0 Å². The Kier molecular flexibility index (Phi) is 21.4. The Hall–Kier alpha value is -19.6. The Bertz CT molecular complexity index is 7880. The molecule has 0 amide bonds. The van der Waals surface area contributed by atoms with Crippen LogP contribution in [0.15, 0.2) is 474 Å². The van der Waals surface area contributed by atoms with Gasteiger partial charge in [-0.25, -0.2) is 74.8 Å². The quantitative estimate of drug-likeness (QED) is 0.0936. The first-order chi connectivity index (χ1) is 69.9. The summed E-state index contributed by atoms with van der Waals surface area (Å²) in [5.41, 5.74) is 29.9. The van der Waals surface area contributed by atoms with Gasteiger partial charge >= 0.3 is 0 Å². The van der Waals surface area contributed by atoms with Gasteiger partial charge in [0, 0.05) is 94.8 Å². The first-order valence-electron chi connectivity index (χ1n) is 46.5. The predicted molar refractivity (Wildman–Crippen MR) is 565 cm³/mol. The van der Waals surface area contributed by atoms with E-state index in [1.165, 1.54) is 5.56 Å². The molecule has 3 aliphatic rings. The van der Waals surface area contributed by atoms with Crippen LogP contribution in [0.1, 0.15) is 0 Å². The van der Waals surface area contributed by atoms with E-state index in [1.54, 1.807) is 12.7 Å². The molecule has 0 aliphatic carbocycles. The fourth-order valence-electron chi connectivity index (χ4n) is 19.0. The van der Waals surface area contributed by atoms with E-state index in [9.17, 15) is 0 Å². The smallest absolute Gasteiger partial charge is 0.164 e. The van der Waals surface area contributed by atoms with Crippen LogP contribution in [0.4, 0.5) is 51.3 Å². The maximum absolute atomic E-state index is 5.15. The van der Waals surface area contributed by atoms with Crippen LogP contribution in [0.3, 0.4) is 0 Å². The molecule has 18 nitrogen and oxygen atoms in total. The second-order valence-electron chi connectivity index (χ2n) is 34.2. The molecule has 0 fully saturated rings. The van der Waals surface area contributed by atoms with E-state index >= 15 is 0 Å². The summed E-state index contributed by atoms with van der Waals surface area (Å²) in [4.78, 5) is 80.4. The summed E-state index contributed by atoms with van der Waals surface area (Å²) in [5.74, 6) is 7.15. The number of aromatic nitrogens is 15. The average Bonchev–Trinajstić information content (AvgIpc) is 0.728. The zero-order valence-electron chi connectivity index (χ0n) is 75.6. The lowest BCUT2D eigenvalue weighted by Crippen LogP contribution is -2.17. The van der Waals surface area contributed by atoms with E-state index in [1.807, 2.05) is 231 Å². The van der Waals surface area contributed by atoms with Crippen molar-refractivity contribution in [3.05, 3.63) is 474 Å². The van der Waals surface area contributed by atoms with Crippen molar-refractivity contribution in [1.82, 2.24) is 74.8 Å². The van der Waals surface area contributed by atoms with Crippen molar-refractivity contribution in [2.75, 3.05) is 14.7 Å². The van der Waals surface area contributed by atoms with Gasteiger partial charge in [0.25, 0.3) is 0 Å². The molecule has 0 N–H and O–H groups in total. The summed E-state index contributed by atoms with van der Waals surface area (Å²) in [6.07, 6.45) is 5.19. The normalized spacial score (nSPS) is 11.8. The number of hydrogen-bond donors (Lipinski definition) is 0. The first-order valence-corrected chi connectivity index (χ1v) is 46.5. The lowest BCUT2D eigenvalue weighted by atomic mass is 9.90. The second kappa shape index (κ2) is 36.3. The minimum atomic E-state index is 0.602. The van der Waals surface area contributed by atoms with E-state index in [0.29, 0.717) is 58.2 Å². The van der Waals surface area contributed by atoms with Gasteiger partial charge in [-0.05, 0) is 124 Å². The van der Waals surface area contributed by atoms with Crippen molar-refractivity contribution in [3.8, 4) is 170 Å². The van der Waals surface area contributed by atoms with E-state index in [0.717, 1.165) is 190 Å². The molecule has 0 spiro atoms. The largest absolute Gasteiger partial charge is 0.309 e. The molecule has 6 aromatic heterocycles. The van der Waals surface area contributed by atoms with Crippen LogP contribution in [-0.4, -0.2) is 74.8 Å². The molecule has 0 atom stereocenters. The number of nitrogens with zero attached hydrogens (tertiary/aromatic N) is 18. The number of anilines is 9. The zero-order chi connectivity index (χ0) is 93.5. The summed E-state index contributed by atoms with van der Waals surface area (Å²) in [6, 6.07) is 155. The summed E-state index contributed by atoms with van der Waals surface area (Å²) in [7, 11) is 0. The molecule has 0 bridgehead atoms. The van der Waals surface area contributed by atoms with Gasteiger partial charge in [-0.3, -0.25) is 4.90 Å². The Morgan fingerprint density at radius 3 is 0.943 bits per heavy atom. The lowest BCUT2D eigenvalue weighted by Gasteiger charge is -2.33. The molecular formula is C123H78N18. The van der Waals surface area contributed by atoms with Gasteiger partial charge in [0.1, 0.15) is 18.5 Å². The fourth-order valence-corrected chi connectivity index (χ4v) is 19.0. The van der Waals surface area contributed by atoms with Crippen LogP contribution >= 0.6 is 0 Å². The highest BCUT2D eigenvalue weighted by Crippen LogP contribution is 2.55. The molecule has 18 heteroatoms. The topological polar surface area (TPSA) is 203 Å². The van der Waals surface area contributed by atoms with Crippen molar-refractivity contribution in [2.45, 2.75) is 0 Å². The van der Waals surface area contributed by atoms with E-state index in [4.69, 9.17) is 69.8 Å². The molecule has 9 heterocycles. The number of rotatable bonds is 15. The van der Waals surface area contributed by atoms with Gasteiger partial charge in [0.15, 0.2) is 58.2 Å². The maximum Gasteiger partial charge on any atom is 0.164 e. The first kappa shape index (κ1) is 83.3. The van der Waals surface area contributed by atoms with Crippen molar-refractivity contribution in [2.24, 2.45) is 0 Å². The van der Waals surface area contributed by atoms with Crippen molar-refractivity contribution in [1.29, 1.82) is 0 Å². The summed E-state index contributed by atoms with van der Waals surface area (Å²) in [5, 5.41) is 4.35. The molecule has 660 valence electrons. The van der Waals surface area contributed by atoms with Gasteiger partial charge in [-0.15, -0.1) is 0 Å². The Labute approximate surface area is 811 Å². The third-order valence-electron chi connectivity index (χ3n) is 25.5. The van der Waals surface area contributed by atoms with Gasteiger partial charge in [-0.1, -0.05) is 364 Å². The Morgan fingerprint density at radius 2 is 0.496 bits per heavy atom. The van der Waals surface area contributed by atoms with Gasteiger partial charge in [-0.2, -0.15) is 0 Å². The number of benzene rings is 18. The Balaban J connectivity index is 0.000000111. The summed E-state index contributed by atoms with van der Waals surface area (Å²) < 4.78 is 0. The molecule has 3 aliphatic heterocycles. The van der Waals surface area contributed by atoms with Gasteiger partial charge in [0.05, 0.1) is 67.8 Å². The highest BCUT2D eigenvalue weighted by atomic mass is 15.2. The maximum atomic E-state index is 5.15. The van der Waals surface area contributed by atoms with Crippen LogP contribution in [-0.2, 0) is 0 Å². The van der Waals surface area contributed by atoms with E-state index in [-0.39, 0.29) is 0 Å². The molecule has 0 saturated heterocycles. The SMILES string of the molecule is c1ccc(-c2cc3c4c(cccc4c2)N(c2cccc(-c4nc(-c5ccccc5)nc(-c5ccccc5)n4)c2)c2cncnc2-3)cc1.c1ccc(-c2cc3c4c(ncnc4c2)N(c2cccc(-c4nc(-c5ccccc5)nc(-c5ccccc5)n4)c2)c2ccccc2-3)cc1.c1ccc(-c2nc(-c3ccccc3)nc(-c3cccc(N4c5ccccc5-c5nc(-c6ccccc6)nc6cccc4c56)c3)n2)cc1. The molecular weight excluding hydrogens is 1730 g/mol. The van der Waals surface area contributed by atoms with Crippen molar-refractivity contribution >= 4 is 83.9 Å². The predicted octanol–water partition coefficient (Wildman–Crippen LogP) is 29.8. The van der Waals surface area contributed by atoms with Crippen LogP contribution in [0, 0.1) is 0 Å². The number of para-hydroxylation sites is 2. The van der Waals surface area contributed by atoms with Crippen molar-refractivity contribution in [3.63, 3.8) is 0 Å². The van der Waals surface area contributed by atoms with Crippen LogP contribution in [0.2, 0.25) is 0 Å². The fraction of sp³-hybridized carbons (Fsp3) is 0. The van der Waals surface area contributed by atoms with Crippen LogP contribution < -0.4 is 14.7 Å². The lowest BCUT2D eigenvalue weighted by molar-refractivity contribution is 1.07. The molecule has 0 unspecified atom stereocenters.